The van der Waals surface area contributed by atoms with Gasteiger partial charge in [-0.3, -0.25) is 0 Å². The van der Waals surface area contributed by atoms with Gasteiger partial charge in [0.15, 0.2) is 0 Å². The summed E-state index contributed by atoms with van der Waals surface area (Å²) in [6.45, 7) is 2.85. The fourth-order valence-electron chi connectivity index (χ4n) is 1.83. The smallest absolute Gasteiger partial charge is 0.112 e. The van der Waals surface area contributed by atoms with Crippen molar-refractivity contribution in [1.29, 1.82) is 0 Å². The molecule has 14 heavy (non-hydrogen) atoms. The van der Waals surface area contributed by atoms with Gasteiger partial charge in [-0.05, 0) is 24.3 Å². The third-order valence-electron chi connectivity index (χ3n) is 3.02. The number of hydrogen-bond donors (Lipinski definition) is 2. The lowest BCUT2D eigenvalue weighted by Gasteiger charge is -2.31. The molecule has 78 valence electrons. The highest BCUT2D eigenvalue weighted by atomic mass is 32.2. The van der Waals surface area contributed by atoms with Crippen molar-refractivity contribution in [2.75, 3.05) is 11.5 Å². The van der Waals surface area contributed by atoms with E-state index in [0.717, 1.165) is 11.5 Å². The zero-order chi connectivity index (χ0) is 10.0. The molecule has 0 saturated carbocycles. The number of hydrogen-bond acceptors (Lipinski definition) is 3. The minimum atomic E-state index is 0.249. The second-order valence-electron chi connectivity index (χ2n) is 4.13. The number of nitrogens with two attached hydrogens (primary N) is 1. The molecule has 3 N–H and O–H groups in total. The summed E-state index contributed by atoms with van der Waals surface area (Å²) in [5.41, 5.74) is 6.85. The minimum absolute atomic E-state index is 0.249. The van der Waals surface area contributed by atoms with E-state index in [4.69, 9.17) is 5.73 Å². The van der Waals surface area contributed by atoms with Gasteiger partial charge in [-0.2, -0.15) is 11.8 Å². The Balaban J connectivity index is 2.19. The summed E-state index contributed by atoms with van der Waals surface area (Å²) >= 11 is 2.04. The largest absolute Gasteiger partial charge is 0.344 e. The van der Waals surface area contributed by atoms with Crippen LogP contribution in [0.4, 0.5) is 0 Å². The first kappa shape index (κ1) is 10.1. The summed E-state index contributed by atoms with van der Waals surface area (Å²) in [5, 5.41) is 0. The zero-order valence-electron chi connectivity index (χ0n) is 8.55. The molecule has 0 atom stereocenters. The van der Waals surface area contributed by atoms with Crippen molar-refractivity contribution in [1.82, 2.24) is 9.97 Å². The van der Waals surface area contributed by atoms with Gasteiger partial charge in [0.2, 0.25) is 0 Å². The summed E-state index contributed by atoms with van der Waals surface area (Å²) < 4.78 is 0. The van der Waals surface area contributed by atoms with Gasteiger partial charge in [-0.1, -0.05) is 6.92 Å². The zero-order valence-corrected chi connectivity index (χ0v) is 9.36. The second-order valence-corrected chi connectivity index (χ2v) is 5.36. The molecule has 1 aromatic rings. The molecule has 4 heteroatoms. The Morgan fingerprint density at radius 2 is 2.29 bits per heavy atom. The highest BCUT2D eigenvalue weighted by Crippen LogP contribution is 2.35. The number of rotatable bonds is 2. The number of aromatic amines is 1. The molecule has 0 unspecified atom stereocenters. The van der Waals surface area contributed by atoms with Gasteiger partial charge in [-0.15, -0.1) is 0 Å². The average molecular weight is 211 g/mol. The lowest BCUT2D eigenvalue weighted by Crippen LogP contribution is -2.28. The van der Waals surface area contributed by atoms with Crippen molar-refractivity contribution >= 4 is 11.8 Å². The maximum absolute atomic E-state index is 5.56. The van der Waals surface area contributed by atoms with Crippen LogP contribution in [0.1, 0.15) is 31.3 Å². The van der Waals surface area contributed by atoms with E-state index in [1.165, 1.54) is 24.3 Å². The molecule has 1 aliphatic rings. The fourth-order valence-corrected chi connectivity index (χ4v) is 3.22. The summed E-state index contributed by atoms with van der Waals surface area (Å²) in [6, 6.07) is 0. The van der Waals surface area contributed by atoms with Gasteiger partial charge in [0.05, 0.1) is 0 Å². The quantitative estimate of drug-likeness (QED) is 0.782. The van der Waals surface area contributed by atoms with Gasteiger partial charge >= 0.3 is 0 Å². The molecule has 0 spiro atoms. The third-order valence-corrected chi connectivity index (χ3v) is 4.00. The Morgan fingerprint density at radius 1 is 1.57 bits per heavy atom. The van der Waals surface area contributed by atoms with Crippen LogP contribution in [0.5, 0.6) is 0 Å². The van der Waals surface area contributed by atoms with Gasteiger partial charge in [-0.25, -0.2) is 4.98 Å². The molecule has 1 fully saturated rings. The molecule has 1 aromatic heterocycles. The van der Waals surface area contributed by atoms with Crippen LogP contribution in [0.2, 0.25) is 0 Å². The summed E-state index contributed by atoms with van der Waals surface area (Å²) in [5.74, 6) is 3.61. The fraction of sp³-hybridized carbons (Fsp3) is 0.700. The number of imidazole rings is 1. The Bertz CT molecular complexity index is 302. The molecular formula is C10H17N3S. The Kier molecular flexibility index (Phi) is 2.83. The van der Waals surface area contributed by atoms with Gasteiger partial charge < -0.3 is 10.7 Å². The van der Waals surface area contributed by atoms with Crippen molar-refractivity contribution in [3.8, 4) is 0 Å². The molecular weight excluding hydrogens is 194 g/mol. The van der Waals surface area contributed by atoms with E-state index in [2.05, 4.69) is 16.9 Å². The third kappa shape index (κ3) is 1.81. The standard InChI is InChI=1S/C10H17N3S/c1-10(2-4-14-5-3-10)9-12-7-8(6-11)13-9/h7H,2-6,11H2,1H3,(H,12,13). The van der Waals surface area contributed by atoms with Crippen LogP contribution < -0.4 is 5.73 Å². The van der Waals surface area contributed by atoms with Gasteiger partial charge in [0, 0.05) is 23.9 Å². The SMILES string of the molecule is CC1(c2ncc(CN)[nH]2)CCSCC1. The first-order chi connectivity index (χ1) is 6.74. The van der Waals surface area contributed by atoms with Crippen molar-refractivity contribution in [3.63, 3.8) is 0 Å². The minimum Gasteiger partial charge on any atom is -0.344 e. The Labute approximate surface area is 88.9 Å². The van der Waals surface area contributed by atoms with E-state index in [9.17, 15) is 0 Å². The summed E-state index contributed by atoms with van der Waals surface area (Å²) in [4.78, 5) is 7.77. The molecule has 0 bridgehead atoms. The van der Waals surface area contributed by atoms with Gasteiger partial charge in [0.1, 0.15) is 5.82 Å². The Morgan fingerprint density at radius 3 is 2.86 bits per heavy atom. The topological polar surface area (TPSA) is 54.7 Å². The average Bonchev–Trinajstić information content (AvgIpc) is 2.67. The van der Waals surface area contributed by atoms with Crippen molar-refractivity contribution in [2.45, 2.75) is 31.7 Å². The molecule has 1 saturated heterocycles. The maximum atomic E-state index is 5.56. The van der Waals surface area contributed by atoms with Crippen LogP contribution in [0.15, 0.2) is 6.20 Å². The summed E-state index contributed by atoms with van der Waals surface area (Å²) in [7, 11) is 0. The first-order valence-corrected chi connectivity index (χ1v) is 6.22. The lowest BCUT2D eigenvalue weighted by molar-refractivity contribution is 0.413. The van der Waals surface area contributed by atoms with Crippen LogP contribution in [-0.2, 0) is 12.0 Å². The van der Waals surface area contributed by atoms with E-state index in [1.807, 2.05) is 18.0 Å². The number of aromatic nitrogens is 2. The molecule has 1 aliphatic heterocycles. The van der Waals surface area contributed by atoms with Crippen molar-refractivity contribution in [2.24, 2.45) is 5.73 Å². The van der Waals surface area contributed by atoms with Crippen molar-refractivity contribution in [3.05, 3.63) is 17.7 Å². The molecule has 0 aliphatic carbocycles. The second kappa shape index (κ2) is 3.95. The molecule has 2 heterocycles. The van der Waals surface area contributed by atoms with E-state index in [-0.39, 0.29) is 5.41 Å². The van der Waals surface area contributed by atoms with E-state index in [0.29, 0.717) is 6.54 Å². The molecule has 0 amide bonds. The normalized spacial score (nSPS) is 21.0. The highest BCUT2D eigenvalue weighted by molar-refractivity contribution is 7.99. The van der Waals surface area contributed by atoms with Crippen LogP contribution in [0.25, 0.3) is 0 Å². The summed E-state index contributed by atoms with van der Waals surface area (Å²) in [6.07, 6.45) is 4.30. The highest BCUT2D eigenvalue weighted by Gasteiger charge is 2.31. The van der Waals surface area contributed by atoms with Crippen LogP contribution in [0.3, 0.4) is 0 Å². The number of H-pyrrole nitrogens is 1. The van der Waals surface area contributed by atoms with E-state index < -0.39 is 0 Å². The monoisotopic (exact) mass is 211 g/mol. The number of nitrogens with one attached hydrogen (secondary N) is 1. The van der Waals surface area contributed by atoms with Crippen LogP contribution in [-0.4, -0.2) is 21.5 Å². The van der Waals surface area contributed by atoms with E-state index >= 15 is 0 Å². The van der Waals surface area contributed by atoms with E-state index in [1.54, 1.807) is 0 Å². The molecule has 0 radical (unpaired) electrons. The van der Waals surface area contributed by atoms with Crippen LogP contribution in [0, 0.1) is 0 Å². The van der Waals surface area contributed by atoms with Crippen molar-refractivity contribution < 1.29 is 0 Å². The maximum Gasteiger partial charge on any atom is 0.112 e. The van der Waals surface area contributed by atoms with Crippen LogP contribution >= 0.6 is 11.8 Å². The number of thioether (sulfide) groups is 1. The number of nitrogens with zero attached hydrogens (tertiary/aromatic N) is 1. The molecule has 3 nitrogen and oxygen atoms in total. The molecule has 0 aromatic carbocycles. The predicted octanol–water partition coefficient (Wildman–Crippen LogP) is 1.65. The lowest BCUT2D eigenvalue weighted by atomic mass is 9.83. The Hall–Kier alpha value is -0.480. The predicted molar refractivity (Wildman–Crippen MR) is 60.4 cm³/mol. The molecule has 2 rings (SSSR count). The van der Waals surface area contributed by atoms with Gasteiger partial charge in [0.25, 0.3) is 0 Å². The first-order valence-electron chi connectivity index (χ1n) is 5.07.